The fourth-order valence-electron chi connectivity index (χ4n) is 2.12. The molecule has 0 aliphatic heterocycles. The molecule has 0 amide bonds. The molecule has 0 spiro atoms. The Balaban J connectivity index is 2.48. The maximum Gasteiger partial charge on any atom is 0.161 e. The van der Waals surface area contributed by atoms with E-state index in [0.29, 0.717) is 0 Å². The van der Waals surface area contributed by atoms with Crippen LogP contribution in [0.2, 0.25) is 0 Å². The molecule has 2 rings (SSSR count). The van der Waals surface area contributed by atoms with Crippen molar-refractivity contribution < 1.29 is 0 Å². The molecule has 1 heterocycles. The third kappa shape index (κ3) is 3.81. The molecule has 3 nitrogen and oxygen atoms in total. The highest BCUT2D eigenvalue weighted by molar-refractivity contribution is 5.58. The summed E-state index contributed by atoms with van der Waals surface area (Å²) in [6.45, 7) is 11.6. The first-order valence-corrected chi connectivity index (χ1v) is 7.66. The Morgan fingerprint density at radius 3 is 2.19 bits per heavy atom. The van der Waals surface area contributed by atoms with Crippen molar-refractivity contribution in [2.24, 2.45) is 0 Å². The fourth-order valence-corrected chi connectivity index (χ4v) is 2.12. The number of nitrogens with one attached hydrogen (secondary N) is 1. The topological polar surface area (TPSA) is 37.8 Å². The van der Waals surface area contributed by atoms with Gasteiger partial charge in [-0.15, -0.1) is 0 Å². The van der Waals surface area contributed by atoms with Crippen LogP contribution in [0.3, 0.4) is 0 Å². The maximum atomic E-state index is 4.76. The van der Waals surface area contributed by atoms with Crippen molar-refractivity contribution in [2.45, 2.75) is 46.5 Å². The molecular weight excluding hydrogens is 258 g/mol. The lowest BCUT2D eigenvalue weighted by atomic mass is 9.91. The predicted octanol–water partition coefficient (Wildman–Crippen LogP) is 4.44. The SMILES string of the molecule is CCNc1cc(C(C)(C)C)nc(-c2ccc(CC)cc2)n1. The number of hydrogen-bond acceptors (Lipinski definition) is 3. The molecule has 21 heavy (non-hydrogen) atoms. The fraction of sp³-hybridized carbons (Fsp3) is 0.444. The highest BCUT2D eigenvalue weighted by Gasteiger charge is 2.18. The van der Waals surface area contributed by atoms with Gasteiger partial charge in [0.2, 0.25) is 0 Å². The van der Waals surface area contributed by atoms with Crippen molar-refractivity contribution in [1.29, 1.82) is 0 Å². The number of rotatable bonds is 4. The van der Waals surface area contributed by atoms with Crippen molar-refractivity contribution in [3.63, 3.8) is 0 Å². The van der Waals surface area contributed by atoms with E-state index < -0.39 is 0 Å². The minimum Gasteiger partial charge on any atom is -0.370 e. The number of anilines is 1. The van der Waals surface area contributed by atoms with Crippen LogP contribution in [0.4, 0.5) is 5.82 Å². The number of hydrogen-bond donors (Lipinski definition) is 1. The van der Waals surface area contributed by atoms with Crippen molar-refractivity contribution in [1.82, 2.24) is 9.97 Å². The lowest BCUT2D eigenvalue weighted by Crippen LogP contribution is -2.16. The first-order valence-electron chi connectivity index (χ1n) is 7.66. The summed E-state index contributed by atoms with van der Waals surface area (Å²) in [5, 5.41) is 3.30. The van der Waals surface area contributed by atoms with E-state index in [1.165, 1.54) is 5.56 Å². The summed E-state index contributed by atoms with van der Waals surface area (Å²) in [5.74, 6) is 1.69. The molecule has 2 aromatic rings. The molecule has 0 aliphatic carbocycles. The molecule has 112 valence electrons. The summed E-state index contributed by atoms with van der Waals surface area (Å²) in [6.07, 6.45) is 1.05. The van der Waals surface area contributed by atoms with E-state index in [9.17, 15) is 0 Å². The molecule has 3 heteroatoms. The van der Waals surface area contributed by atoms with Crippen molar-refractivity contribution in [2.75, 3.05) is 11.9 Å². The Morgan fingerprint density at radius 1 is 1.00 bits per heavy atom. The second-order valence-electron chi connectivity index (χ2n) is 6.29. The quantitative estimate of drug-likeness (QED) is 0.901. The molecule has 0 aliphatic rings. The van der Waals surface area contributed by atoms with Gasteiger partial charge < -0.3 is 5.32 Å². The lowest BCUT2D eigenvalue weighted by molar-refractivity contribution is 0.568. The van der Waals surface area contributed by atoms with Gasteiger partial charge in [-0.25, -0.2) is 9.97 Å². The van der Waals surface area contributed by atoms with Gasteiger partial charge in [0, 0.05) is 23.6 Å². The zero-order valence-corrected chi connectivity index (χ0v) is 13.7. The molecule has 0 fully saturated rings. The summed E-state index contributed by atoms with van der Waals surface area (Å²) < 4.78 is 0. The largest absolute Gasteiger partial charge is 0.370 e. The lowest BCUT2D eigenvalue weighted by Gasteiger charge is -2.19. The molecule has 1 aromatic carbocycles. The van der Waals surface area contributed by atoms with Crippen LogP contribution in [-0.4, -0.2) is 16.5 Å². The van der Waals surface area contributed by atoms with Gasteiger partial charge in [-0.05, 0) is 18.9 Å². The van der Waals surface area contributed by atoms with Gasteiger partial charge >= 0.3 is 0 Å². The Kier molecular flexibility index (Phi) is 4.61. The predicted molar refractivity (Wildman–Crippen MR) is 89.7 cm³/mol. The van der Waals surface area contributed by atoms with Gasteiger partial charge in [-0.2, -0.15) is 0 Å². The highest BCUT2D eigenvalue weighted by Crippen LogP contribution is 2.26. The minimum atomic E-state index is 0.00518. The summed E-state index contributed by atoms with van der Waals surface area (Å²) in [7, 11) is 0. The smallest absolute Gasteiger partial charge is 0.161 e. The molecule has 1 aromatic heterocycles. The zero-order valence-electron chi connectivity index (χ0n) is 13.7. The van der Waals surface area contributed by atoms with Crippen LogP contribution in [-0.2, 0) is 11.8 Å². The Hall–Kier alpha value is -1.90. The van der Waals surface area contributed by atoms with E-state index in [0.717, 1.165) is 35.9 Å². The summed E-state index contributed by atoms with van der Waals surface area (Å²) in [5.41, 5.74) is 3.46. The van der Waals surface area contributed by atoms with Gasteiger partial charge in [0.25, 0.3) is 0 Å². The van der Waals surface area contributed by atoms with E-state index in [1.807, 2.05) is 6.07 Å². The number of aryl methyl sites for hydroxylation is 1. The van der Waals surface area contributed by atoms with Crippen LogP contribution in [0.15, 0.2) is 30.3 Å². The second-order valence-corrected chi connectivity index (χ2v) is 6.29. The molecular formula is C18H25N3. The molecule has 0 radical (unpaired) electrons. The summed E-state index contributed by atoms with van der Waals surface area (Å²) in [6, 6.07) is 10.6. The van der Waals surface area contributed by atoms with Gasteiger partial charge in [-0.1, -0.05) is 52.0 Å². The van der Waals surface area contributed by atoms with Crippen LogP contribution in [0, 0.1) is 0 Å². The van der Waals surface area contributed by atoms with E-state index in [4.69, 9.17) is 4.98 Å². The highest BCUT2D eigenvalue weighted by atomic mass is 15.0. The maximum absolute atomic E-state index is 4.76. The van der Waals surface area contributed by atoms with E-state index in [1.54, 1.807) is 0 Å². The van der Waals surface area contributed by atoms with Crippen LogP contribution in [0.1, 0.15) is 45.9 Å². The third-order valence-corrected chi connectivity index (χ3v) is 3.47. The van der Waals surface area contributed by atoms with Gasteiger partial charge in [0.1, 0.15) is 5.82 Å². The summed E-state index contributed by atoms with van der Waals surface area (Å²) in [4.78, 5) is 9.40. The third-order valence-electron chi connectivity index (χ3n) is 3.47. The monoisotopic (exact) mass is 283 g/mol. The van der Waals surface area contributed by atoms with Gasteiger partial charge in [-0.3, -0.25) is 0 Å². The van der Waals surface area contributed by atoms with Crippen molar-refractivity contribution >= 4 is 5.82 Å². The Labute approximate surface area is 127 Å². The normalized spacial score (nSPS) is 11.5. The van der Waals surface area contributed by atoms with Gasteiger partial charge in [0.05, 0.1) is 5.69 Å². The van der Waals surface area contributed by atoms with Gasteiger partial charge in [0.15, 0.2) is 5.82 Å². The van der Waals surface area contributed by atoms with E-state index in [2.05, 4.69) is 69.2 Å². The first-order chi connectivity index (χ1) is 9.94. The van der Waals surface area contributed by atoms with Crippen molar-refractivity contribution in [3.8, 4) is 11.4 Å². The molecule has 0 saturated carbocycles. The van der Waals surface area contributed by atoms with Crippen LogP contribution >= 0.6 is 0 Å². The number of benzene rings is 1. The molecule has 0 unspecified atom stereocenters. The standard InChI is InChI=1S/C18H25N3/c1-6-13-8-10-14(11-9-13)17-20-15(18(3,4)5)12-16(21-17)19-7-2/h8-12H,6-7H2,1-5H3,(H,19,20,21). The Bertz CT molecular complexity index is 595. The van der Waals surface area contributed by atoms with Crippen LogP contribution in [0.25, 0.3) is 11.4 Å². The summed E-state index contributed by atoms with van der Waals surface area (Å²) >= 11 is 0. The molecule has 0 bridgehead atoms. The first kappa shape index (κ1) is 15.5. The number of nitrogens with zero attached hydrogens (tertiary/aromatic N) is 2. The second kappa shape index (κ2) is 6.25. The molecule has 0 atom stereocenters. The molecule has 1 N–H and O–H groups in total. The van der Waals surface area contributed by atoms with Crippen LogP contribution in [0.5, 0.6) is 0 Å². The zero-order chi connectivity index (χ0) is 15.5. The molecule has 0 saturated heterocycles. The van der Waals surface area contributed by atoms with E-state index >= 15 is 0 Å². The Morgan fingerprint density at radius 2 is 1.67 bits per heavy atom. The average molecular weight is 283 g/mol. The number of aromatic nitrogens is 2. The van der Waals surface area contributed by atoms with E-state index in [-0.39, 0.29) is 5.41 Å². The van der Waals surface area contributed by atoms with Crippen LogP contribution < -0.4 is 5.32 Å². The minimum absolute atomic E-state index is 0.00518. The average Bonchev–Trinajstić information content (AvgIpc) is 2.46. The van der Waals surface area contributed by atoms with Crippen molar-refractivity contribution in [3.05, 3.63) is 41.6 Å².